The number of aliphatic carboxylic acids is 1. The molecule has 0 heterocycles. The first kappa shape index (κ1) is 21.8. The Bertz CT molecular complexity index is 728. The van der Waals surface area contributed by atoms with Gasteiger partial charge >= 0.3 is 11.9 Å². The van der Waals surface area contributed by atoms with Crippen LogP contribution in [0.4, 0.5) is 0 Å². The van der Waals surface area contributed by atoms with Gasteiger partial charge in [-0.2, -0.15) is 0 Å². The highest BCUT2D eigenvalue weighted by Gasteiger charge is 2.35. The molecule has 0 bridgehead atoms. The van der Waals surface area contributed by atoms with Crippen LogP contribution in [-0.4, -0.2) is 34.5 Å². The minimum atomic E-state index is -1.46. The van der Waals surface area contributed by atoms with E-state index < -0.39 is 34.8 Å². The molecule has 1 rings (SSSR count). The van der Waals surface area contributed by atoms with Crippen LogP contribution in [0.2, 0.25) is 0 Å². The van der Waals surface area contributed by atoms with Crippen molar-refractivity contribution in [1.29, 1.82) is 0 Å². The zero-order valence-corrected chi connectivity index (χ0v) is 16.6. The molecule has 6 heteroatoms. The van der Waals surface area contributed by atoms with Gasteiger partial charge in [-0.15, -0.1) is 0 Å². The Kier molecular flexibility index (Phi) is 6.36. The van der Waals surface area contributed by atoms with Gasteiger partial charge in [-0.3, -0.25) is 9.59 Å². The van der Waals surface area contributed by atoms with Crippen LogP contribution in [0.25, 0.3) is 0 Å². The Balaban J connectivity index is 3.41. The lowest BCUT2D eigenvalue weighted by atomic mass is 9.75. The maximum absolute atomic E-state index is 13.0. The van der Waals surface area contributed by atoms with Gasteiger partial charge in [-0.25, -0.2) is 4.79 Å². The summed E-state index contributed by atoms with van der Waals surface area (Å²) in [5.41, 5.74) is 6.79. The molecule has 0 aliphatic heterocycles. The number of carbonyl (C=O) groups excluding carboxylic acids is 2. The summed E-state index contributed by atoms with van der Waals surface area (Å²) in [6.07, 6.45) is -0.154. The minimum Gasteiger partial charge on any atom is -0.481 e. The quantitative estimate of drug-likeness (QED) is 0.457. The van der Waals surface area contributed by atoms with Crippen LogP contribution in [0.1, 0.15) is 68.1 Å². The fourth-order valence-corrected chi connectivity index (χ4v) is 3.17. The monoisotopic (exact) mass is 363 g/mol. The summed E-state index contributed by atoms with van der Waals surface area (Å²) in [6, 6.07) is 2.07. The molecule has 0 saturated heterocycles. The molecule has 1 aromatic carbocycles. The number of carboxylic acids is 1. The van der Waals surface area contributed by atoms with E-state index in [1.54, 1.807) is 40.7 Å². The summed E-state index contributed by atoms with van der Waals surface area (Å²) in [5.74, 6) is -2.34. The lowest BCUT2D eigenvalue weighted by molar-refractivity contribution is -0.155. The van der Waals surface area contributed by atoms with E-state index in [4.69, 9.17) is 10.5 Å². The zero-order chi connectivity index (χ0) is 20.4. The number of Topliss-reactive ketones (excluding diaryl/α,β-unsaturated/α-hetero) is 1. The molecule has 144 valence electrons. The fourth-order valence-electron chi connectivity index (χ4n) is 3.17. The average molecular weight is 363 g/mol. The van der Waals surface area contributed by atoms with Gasteiger partial charge in [-0.1, -0.05) is 25.5 Å². The van der Waals surface area contributed by atoms with Crippen LogP contribution in [0.5, 0.6) is 0 Å². The summed E-state index contributed by atoms with van der Waals surface area (Å²) >= 11 is 0. The van der Waals surface area contributed by atoms with E-state index >= 15 is 0 Å². The summed E-state index contributed by atoms with van der Waals surface area (Å²) in [6.45, 7) is 12.3. The van der Waals surface area contributed by atoms with Gasteiger partial charge in [0.2, 0.25) is 0 Å². The Morgan fingerprint density at radius 2 is 1.65 bits per heavy atom. The first-order valence-corrected chi connectivity index (χ1v) is 8.52. The predicted octanol–water partition coefficient (Wildman–Crippen LogP) is 2.91. The van der Waals surface area contributed by atoms with Crippen molar-refractivity contribution < 1.29 is 24.2 Å². The van der Waals surface area contributed by atoms with Crippen molar-refractivity contribution >= 4 is 17.7 Å². The SMILES string of the molecule is Cc1cc(C)c(C(C)(C)CC(=O)O)c(C(=O)C(N)C(=O)OC(C)(C)C)c1. The third-order valence-electron chi connectivity index (χ3n) is 3.96. The highest BCUT2D eigenvalue weighted by Crippen LogP contribution is 2.34. The standard InChI is InChI=1S/C20H29NO5/c1-11-8-12(2)15(20(6,7)10-14(22)23)13(9-11)17(24)16(21)18(25)26-19(3,4)5/h8-9,16H,10,21H2,1-7H3,(H,22,23). The maximum Gasteiger partial charge on any atom is 0.331 e. The van der Waals surface area contributed by atoms with Gasteiger partial charge in [0, 0.05) is 11.0 Å². The van der Waals surface area contributed by atoms with Crippen LogP contribution in [0.15, 0.2) is 12.1 Å². The fraction of sp³-hybridized carbons (Fsp3) is 0.550. The van der Waals surface area contributed by atoms with Crippen molar-refractivity contribution in [3.8, 4) is 0 Å². The Morgan fingerprint density at radius 1 is 1.12 bits per heavy atom. The molecule has 26 heavy (non-hydrogen) atoms. The highest BCUT2D eigenvalue weighted by molar-refractivity contribution is 6.13. The number of carboxylic acid groups (broad SMARTS) is 1. The van der Waals surface area contributed by atoms with Crippen molar-refractivity contribution in [2.24, 2.45) is 5.73 Å². The van der Waals surface area contributed by atoms with Gasteiger partial charge in [0.1, 0.15) is 5.60 Å². The summed E-state index contributed by atoms with van der Waals surface area (Å²) in [4.78, 5) is 36.4. The molecule has 1 aromatic rings. The van der Waals surface area contributed by atoms with Gasteiger partial charge in [0.15, 0.2) is 11.8 Å². The number of ketones is 1. The Morgan fingerprint density at radius 3 is 2.12 bits per heavy atom. The molecule has 0 saturated carbocycles. The van der Waals surface area contributed by atoms with E-state index in [1.165, 1.54) is 0 Å². The number of hydrogen-bond donors (Lipinski definition) is 2. The third-order valence-corrected chi connectivity index (χ3v) is 3.96. The molecule has 0 radical (unpaired) electrons. The topological polar surface area (TPSA) is 107 Å². The smallest absolute Gasteiger partial charge is 0.331 e. The van der Waals surface area contributed by atoms with Crippen LogP contribution in [0, 0.1) is 13.8 Å². The van der Waals surface area contributed by atoms with E-state index in [0.29, 0.717) is 5.56 Å². The van der Waals surface area contributed by atoms with Crippen molar-refractivity contribution in [3.63, 3.8) is 0 Å². The minimum absolute atomic E-state index is 0.154. The number of benzene rings is 1. The molecule has 0 aliphatic carbocycles. The molecule has 3 N–H and O–H groups in total. The number of nitrogens with two attached hydrogens (primary N) is 1. The molecule has 0 aliphatic rings. The highest BCUT2D eigenvalue weighted by atomic mass is 16.6. The van der Waals surface area contributed by atoms with E-state index in [9.17, 15) is 19.5 Å². The molecular formula is C20H29NO5. The second-order valence-corrected chi connectivity index (χ2v) is 8.33. The molecule has 0 spiro atoms. The number of ether oxygens (including phenoxy) is 1. The van der Waals surface area contributed by atoms with Crippen LogP contribution in [-0.2, 0) is 19.7 Å². The van der Waals surface area contributed by atoms with E-state index in [-0.39, 0.29) is 12.0 Å². The van der Waals surface area contributed by atoms with E-state index in [0.717, 1.165) is 11.1 Å². The first-order chi connectivity index (χ1) is 11.7. The largest absolute Gasteiger partial charge is 0.481 e. The third kappa shape index (κ3) is 5.39. The molecule has 0 fully saturated rings. The maximum atomic E-state index is 13.0. The summed E-state index contributed by atoms with van der Waals surface area (Å²) in [7, 11) is 0. The van der Waals surface area contributed by atoms with Crippen molar-refractivity contribution in [2.75, 3.05) is 0 Å². The van der Waals surface area contributed by atoms with Crippen LogP contribution in [0.3, 0.4) is 0 Å². The van der Waals surface area contributed by atoms with Crippen LogP contribution >= 0.6 is 0 Å². The predicted molar refractivity (Wildman–Crippen MR) is 99.3 cm³/mol. The molecule has 1 unspecified atom stereocenters. The van der Waals surface area contributed by atoms with Crippen molar-refractivity contribution in [1.82, 2.24) is 0 Å². The number of esters is 1. The van der Waals surface area contributed by atoms with Gasteiger partial charge in [0.05, 0.1) is 6.42 Å². The lowest BCUT2D eigenvalue weighted by Gasteiger charge is -2.29. The van der Waals surface area contributed by atoms with Gasteiger partial charge < -0.3 is 15.6 Å². The lowest BCUT2D eigenvalue weighted by Crippen LogP contribution is -2.44. The van der Waals surface area contributed by atoms with Crippen molar-refractivity contribution in [3.05, 3.63) is 34.4 Å². The molecule has 1 atom stereocenters. The van der Waals surface area contributed by atoms with Crippen molar-refractivity contribution in [2.45, 2.75) is 71.9 Å². The number of carbonyl (C=O) groups is 3. The van der Waals surface area contributed by atoms with Gasteiger partial charge in [-0.05, 0) is 51.8 Å². The molecule has 6 nitrogen and oxygen atoms in total. The van der Waals surface area contributed by atoms with Gasteiger partial charge in [0.25, 0.3) is 0 Å². The molecule has 0 aromatic heterocycles. The Labute approximate surface area is 154 Å². The van der Waals surface area contributed by atoms with E-state index in [2.05, 4.69) is 0 Å². The molecule has 0 amide bonds. The summed E-state index contributed by atoms with van der Waals surface area (Å²) in [5, 5.41) is 9.23. The van der Waals surface area contributed by atoms with Crippen LogP contribution < -0.4 is 5.73 Å². The first-order valence-electron chi connectivity index (χ1n) is 8.52. The zero-order valence-electron chi connectivity index (χ0n) is 16.6. The number of aryl methyl sites for hydroxylation is 2. The Hall–Kier alpha value is -2.21. The number of rotatable bonds is 6. The average Bonchev–Trinajstić information content (AvgIpc) is 2.40. The normalized spacial score (nSPS) is 13.2. The number of hydrogen-bond acceptors (Lipinski definition) is 5. The van der Waals surface area contributed by atoms with E-state index in [1.807, 2.05) is 19.9 Å². The second-order valence-electron chi connectivity index (χ2n) is 8.33. The second kappa shape index (κ2) is 7.58. The molecular weight excluding hydrogens is 334 g/mol. The summed E-state index contributed by atoms with van der Waals surface area (Å²) < 4.78 is 5.21.